The van der Waals surface area contributed by atoms with Crippen LogP contribution in [0.3, 0.4) is 0 Å². The first kappa shape index (κ1) is 27.6. The van der Waals surface area contributed by atoms with Crippen molar-refractivity contribution in [3.63, 3.8) is 0 Å². The van der Waals surface area contributed by atoms with E-state index in [0.29, 0.717) is 0 Å². The van der Waals surface area contributed by atoms with E-state index in [1.165, 1.54) is 49.4 Å². The van der Waals surface area contributed by atoms with Crippen molar-refractivity contribution < 1.29 is 48.0 Å². The highest BCUT2D eigenvalue weighted by Crippen LogP contribution is 2.33. The maximum atomic E-state index is 13.1. The van der Waals surface area contributed by atoms with E-state index in [-0.39, 0.29) is 48.2 Å². The zero-order valence-electron chi connectivity index (χ0n) is 19.6. The van der Waals surface area contributed by atoms with Crippen LogP contribution in [0.15, 0.2) is 67.8 Å². The Labute approximate surface area is 207 Å². The fourth-order valence-electron chi connectivity index (χ4n) is 2.87. The van der Waals surface area contributed by atoms with Crippen molar-refractivity contribution in [2.75, 3.05) is 19.8 Å². The lowest BCUT2D eigenvalue weighted by Crippen LogP contribution is -2.31. The molecule has 0 aliphatic carbocycles. The van der Waals surface area contributed by atoms with Gasteiger partial charge >= 0.3 is 23.9 Å². The van der Waals surface area contributed by atoms with Gasteiger partial charge in [-0.05, 0) is 31.2 Å². The van der Waals surface area contributed by atoms with Crippen LogP contribution in [-0.4, -0.2) is 54.9 Å². The van der Waals surface area contributed by atoms with Crippen LogP contribution >= 0.6 is 0 Å². The molecule has 0 aromatic heterocycles. The van der Waals surface area contributed by atoms with Crippen LogP contribution in [0.25, 0.3) is 0 Å². The molecular formula is C26H26O10. The number of para-hydroxylation sites is 2. The largest absolute Gasteiger partial charge is 0.486 e. The highest BCUT2D eigenvalue weighted by atomic mass is 16.6. The fraction of sp³-hybridized carbons (Fsp3) is 0.231. The highest BCUT2D eigenvalue weighted by molar-refractivity contribution is 5.99. The van der Waals surface area contributed by atoms with Crippen LogP contribution in [0.2, 0.25) is 0 Å². The van der Waals surface area contributed by atoms with Gasteiger partial charge in [-0.3, -0.25) is 4.79 Å². The van der Waals surface area contributed by atoms with E-state index in [1.54, 1.807) is 12.1 Å². The van der Waals surface area contributed by atoms with Crippen molar-refractivity contribution in [3.8, 4) is 17.2 Å². The Morgan fingerprint density at radius 3 is 2.19 bits per heavy atom. The van der Waals surface area contributed by atoms with Crippen LogP contribution in [0.1, 0.15) is 34.1 Å². The number of esters is 3. The number of carboxylic acids is 1. The minimum Gasteiger partial charge on any atom is -0.486 e. The number of aliphatic carboxylic acids is 1. The molecule has 0 aliphatic heterocycles. The smallest absolute Gasteiger partial charge is 0.348 e. The zero-order valence-corrected chi connectivity index (χ0v) is 19.6. The molecule has 2 aromatic rings. The van der Waals surface area contributed by atoms with Crippen LogP contribution in [0.4, 0.5) is 0 Å². The Balaban J connectivity index is 2.33. The van der Waals surface area contributed by atoms with Crippen LogP contribution in [-0.2, 0) is 19.1 Å². The van der Waals surface area contributed by atoms with Gasteiger partial charge in [0.2, 0.25) is 6.10 Å². The molecule has 1 N–H and O–H groups in total. The zero-order chi connectivity index (χ0) is 26.5. The van der Waals surface area contributed by atoms with Gasteiger partial charge in [0.25, 0.3) is 0 Å². The second kappa shape index (κ2) is 14.0. The molecule has 1 unspecified atom stereocenters. The SMILES string of the molecule is C=CCOc1cccc(C(=O)Oc2ccccc2C(=O)OC(CC(=O)O)C(=O)OCC)c1OCC=C. The quantitative estimate of drug-likeness (QED) is 0.234. The molecule has 10 nitrogen and oxygen atoms in total. The average Bonchev–Trinajstić information content (AvgIpc) is 2.85. The summed E-state index contributed by atoms with van der Waals surface area (Å²) in [4.78, 5) is 49.0. The van der Waals surface area contributed by atoms with Crippen molar-refractivity contribution >= 4 is 23.9 Å². The fourth-order valence-corrected chi connectivity index (χ4v) is 2.87. The molecule has 0 aliphatic rings. The van der Waals surface area contributed by atoms with E-state index in [9.17, 15) is 19.2 Å². The summed E-state index contributed by atoms with van der Waals surface area (Å²) in [6.45, 7) is 8.90. The molecule has 0 radical (unpaired) electrons. The lowest BCUT2D eigenvalue weighted by atomic mass is 10.1. The average molecular weight is 498 g/mol. The molecule has 1 atom stereocenters. The first-order valence-corrected chi connectivity index (χ1v) is 10.8. The second-order valence-corrected chi connectivity index (χ2v) is 6.96. The van der Waals surface area contributed by atoms with Crippen LogP contribution in [0, 0.1) is 0 Å². The Hall–Kier alpha value is -4.60. The van der Waals surface area contributed by atoms with E-state index in [2.05, 4.69) is 13.2 Å². The molecular weight excluding hydrogens is 472 g/mol. The number of carboxylic acid groups (broad SMARTS) is 1. The topological polar surface area (TPSA) is 135 Å². The number of carbonyl (C=O) groups is 4. The first-order chi connectivity index (χ1) is 17.3. The van der Waals surface area contributed by atoms with Gasteiger partial charge in [-0.1, -0.05) is 43.5 Å². The van der Waals surface area contributed by atoms with E-state index >= 15 is 0 Å². The normalized spacial score (nSPS) is 10.9. The lowest BCUT2D eigenvalue weighted by Gasteiger charge is -2.17. The third-order valence-electron chi connectivity index (χ3n) is 4.37. The summed E-state index contributed by atoms with van der Waals surface area (Å²) < 4.78 is 26.5. The van der Waals surface area contributed by atoms with Gasteiger partial charge in [0.15, 0.2) is 11.5 Å². The number of hydrogen-bond donors (Lipinski definition) is 1. The predicted octanol–water partition coefficient (Wildman–Crippen LogP) is 3.60. The third-order valence-corrected chi connectivity index (χ3v) is 4.37. The van der Waals surface area contributed by atoms with Gasteiger partial charge < -0.3 is 28.8 Å². The number of benzene rings is 2. The maximum absolute atomic E-state index is 13.1. The van der Waals surface area contributed by atoms with Gasteiger partial charge in [-0.15, -0.1) is 0 Å². The Bertz CT molecular complexity index is 1120. The molecule has 36 heavy (non-hydrogen) atoms. The number of hydrogen-bond acceptors (Lipinski definition) is 9. The van der Waals surface area contributed by atoms with Gasteiger partial charge in [0.05, 0.1) is 13.0 Å². The van der Waals surface area contributed by atoms with E-state index < -0.39 is 36.4 Å². The molecule has 0 saturated carbocycles. The summed E-state index contributed by atoms with van der Waals surface area (Å²) in [7, 11) is 0. The summed E-state index contributed by atoms with van der Waals surface area (Å²) in [6.07, 6.45) is 0.532. The molecule has 2 rings (SSSR count). The summed E-state index contributed by atoms with van der Waals surface area (Å²) in [5.41, 5.74) is -0.199. The van der Waals surface area contributed by atoms with Crippen molar-refractivity contribution in [2.45, 2.75) is 19.4 Å². The molecule has 0 bridgehead atoms. The van der Waals surface area contributed by atoms with Crippen LogP contribution < -0.4 is 14.2 Å². The monoisotopic (exact) mass is 498 g/mol. The van der Waals surface area contributed by atoms with Crippen LogP contribution in [0.5, 0.6) is 17.2 Å². The minimum atomic E-state index is -1.68. The summed E-state index contributed by atoms with van der Waals surface area (Å²) >= 11 is 0. The molecule has 0 heterocycles. The molecule has 10 heteroatoms. The summed E-state index contributed by atoms with van der Waals surface area (Å²) in [5.74, 6) is -4.14. The maximum Gasteiger partial charge on any atom is 0.348 e. The Morgan fingerprint density at radius 2 is 1.53 bits per heavy atom. The third kappa shape index (κ3) is 7.73. The Morgan fingerprint density at radius 1 is 0.889 bits per heavy atom. The van der Waals surface area contributed by atoms with Crippen molar-refractivity contribution in [1.82, 2.24) is 0 Å². The molecule has 0 fully saturated rings. The van der Waals surface area contributed by atoms with Crippen molar-refractivity contribution in [3.05, 3.63) is 78.9 Å². The van der Waals surface area contributed by atoms with Gasteiger partial charge in [0.1, 0.15) is 30.1 Å². The highest BCUT2D eigenvalue weighted by Gasteiger charge is 2.29. The van der Waals surface area contributed by atoms with Gasteiger partial charge in [-0.2, -0.15) is 0 Å². The molecule has 2 aromatic carbocycles. The number of ether oxygens (including phenoxy) is 5. The van der Waals surface area contributed by atoms with E-state index in [1.807, 2.05) is 0 Å². The number of rotatable bonds is 14. The second-order valence-electron chi connectivity index (χ2n) is 6.96. The van der Waals surface area contributed by atoms with E-state index in [4.69, 9.17) is 28.8 Å². The Kier molecular flexibility index (Phi) is 10.7. The summed E-state index contributed by atoms with van der Waals surface area (Å²) in [5, 5.41) is 9.05. The van der Waals surface area contributed by atoms with Gasteiger partial charge in [0, 0.05) is 0 Å². The first-order valence-electron chi connectivity index (χ1n) is 10.8. The van der Waals surface area contributed by atoms with E-state index in [0.717, 1.165) is 0 Å². The molecule has 0 spiro atoms. The molecule has 190 valence electrons. The number of carbonyl (C=O) groups excluding carboxylic acids is 3. The van der Waals surface area contributed by atoms with Crippen molar-refractivity contribution in [2.24, 2.45) is 0 Å². The lowest BCUT2D eigenvalue weighted by molar-refractivity contribution is -0.158. The summed E-state index contributed by atoms with van der Waals surface area (Å²) in [6, 6.07) is 10.2. The van der Waals surface area contributed by atoms with Gasteiger partial charge in [-0.25, -0.2) is 14.4 Å². The standard InChI is InChI=1S/C26H26O10/c1-4-14-33-20-13-9-11-18(23(20)34-15-5-2)25(30)35-19-12-8-7-10-17(19)24(29)36-21(16-22(27)28)26(31)32-6-3/h4-5,7-13,21H,1-2,6,14-16H2,3H3,(H,27,28). The predicted molar refractivity (Wildman–Crippen MR) is 127 cm³/mol. The van der Waals surface area contributed by atoms with Crippen molar-refractivity contribution in [1.29, 1.82) is 0 Å². The minimum absolute atomic E-state index is 0.0110. The molecule has 0 amide bonds. The molecule has 0 saturated heterocycles.